The zero-order chi connectivity index (χ0) is 13.4. The predicted molar refractivity (Wildman–Crippen MR) is 72.4 cm³/mol. The number of nitriles is 2. The summed E-state index contributed by atoms with van der Waals surface area (Å²) in [5.41, 5.74) is 6.37. The third-order valence-electron chi connectivity index (χ3n) is 2.47. The number of nitrogens with one attached hydrogen (secondary N) is 1. The van der Waals surface area contributed by atoms with Gasteiger partial charge in [0.15, 0.2) is 0 Å². The van der Waals surface area contributed by atoms with Crippen LogP contribution in [-0.2, 0) is 4.74 Å². The van der Waals surface area contributed by atoms with Crippen LogP contribution in [0.25, 0.3) is 0 Å². The lowest BCUT2D eigenvalue weighted by atomic mass is 10.2. The van der Waals surface area contributed by atoms with Crippen molar-refractivity contribution in [1.82, 2.24) is 0 Å². The minimum absolute atomic E-state index is 0.284. The number of ether oxygens (including phenoxy) is 1. The Balaban J connectivity index is 2.48. The summed E-state index contributed by atoms with van der Waals surface area (Å²) in [7, 11) is 1.69. The van der Waals surface area contributed by atoms with E-state index in [9.17, 15) is 0 Å². The third-order valence-corrected chi connectivity index (χ3v) is 3.54. The van der Waals surface area contributed by atoms with E-state index in [-0.39, 0.29) is 5.69 Å². The number of thiophene rings is 1. The molecule has 0 atom stereocenters. The Kier molecular flexibility index (Phi) is 5.99. The van der Waals surface area contributed by atoms with Gasteiger partial charge in [-0.25, -0.2) is 0 Å². The second kappa shape index (κ2) is 7.54. The first kappa shape index (κ1) is 14.3. The maximum absolute atomic E-state index is 8.99. The topological polar surface area (TPSA) is 94.9 Å². The molecule has 0 aromatic carbocycles. The van der Waals surface area contributed by atoms with Gasteiger partial charge in [0.1, 0.15) is 27.6 Å². The van der Waals surface area contributed by atoms with Crippen LogP contribution in [-0.4, -0.2) is 20.3 Å². The molecule has 0 aliphatic heterocycles. The summed E-state index contributed by atoms with van der Waals surface area (Å²) >= 11 is 1.23. The van der Waals surface area contributed by atoms with Gasteiger partial charge in [-0.3, -0.25) is 0 Å². The number of nitrogens with two attached hydrogens (primary N) is 1. The van der Waals surface area contributed by atoms with Crippen LogP contribution in [0, 0.1) is 22.7 Å². The smallest absolute Gasteiger partial charge is 0.131 e. The minimum atomic E-state index is 0.284. The van der Waals surface area contributed by atoms with Gasteiger partial charge in [-0.05, 0) is 19.3 Å². The van der Waals surface area contributed by atoms with Gasteiger partial charge >= 0.3 is 0 Å². The van der Waals surface area contributed by atoms with Crippen LogP contribution >= 0.6 is 11.3 Å². The molecule has 96 valence electrons. The van der Waals surface area contributed by atoms with Crippen molar-refractivity contribution in [2.75, 3.05) is 31.3 Å². The molecule has 0 saturated heterocycles. The van der Waals surface area contributed by atoms with Gasteiger partial charge in [-0.2, -0.15) is 10.5 Å². The molecule has 18 heavy (non-hydrogen) atoms. The molecule has 0 unspecified atom stereocenters. The molecule has 0 aliphatic carbocycles. The van der Waals surface area contributed by atoms with Crippen molar-refractivity contribution in [2.45, 2.75) is 19.3 Å². The van der Waals surface area contributed by atoms with E-state index in [0.717, 1.165) is 32.4 Å². The summed E-state index contributed by atoms with van der Waals surface area (Å²) in [6.07, 6.45) is 3.09. The highest BCUT2D eigenvalue weighted by atomic mass is 32.1. The van der Waals surface area contributed by atoms with Crippen molar-refractivity contribution in [3.05, 3.63) is 10.4 Å². The SMILES string of the molecule is COCCCCCNc1sc(C#N)c(N)c1C#N. The molecular formula is C12H16N4OS. The van der Waals surface area contributed by atoms with Gasteiger partial charge in [-0.1, -0.05) is 0 Å². The Labute approximate surface area is 111 Å². The highest BCUT2D eigenvalue weighted by Crippen LogP contribution is 2.34. The van der Waals surface area contributed by atoms with Gasteiger partial charge in [0.2, 0.25) is 0 Å². The zero-order valence-corrected chi connectivity index (χ0v) is 11.1. The quantitative estimate of drug-likeness (QED) is 0.737. The first-order chi connectivity index (χ1) is 8.74. The monoisotopic (exact) mass is 264 g/mol. The molecule has 0 saturated carbocycles. The second-order valence-corrected chi connectivity index (χ2v) is 4.77. The van der Waals surface area contributed by atoms with E-state index in [1.165, 1.54) is 11.3 Å². The van der Waals surface area contributed by atoms with E-state index >= 15 is 0 Å². The summed E-state index contributed by atoms with van der Waals surface area (Å²) < 4.78 is 4.96. The number of methoxy groups -OCH3 is 1. The van der Waals surface area contributed by atoms with E-state index in [1.807, 2.05) is 12.1 Å². The van der Waals surface area contributed by atoms with E-state index in [2.05, 4.69) is 5.32 Å². The number of rotatable bonds is 7. The molecule has 0 radical (unpaired) electrons. The number of unbranched alkanes of at least 4 members (excludes halogenated alkanes) is 2. The molecule has 6 heteroatoms. The summed E-state index contributed by atoms with van der Waals surface area (Å²) in [5.74, 6) is 0. The zero-order valence-electron chi connectivity index (χ0n) is 10.3. The van der Waals surface area contributed by atoms with Crippen molar-refractivity contribution in [1.29, 1.82) is 10.5 Å². The molecule has 5 nitrogen and oxygen atoms in total. The molecule has 0 amide bonds. The van der Waals surface area contributed by atoms with Crippen LogP contribution in [0.1, 0.15) is 29.7 Å². The van der Waals surface area contributed by atoms with Crippen molar-refractivity contribution >= 4 is 22.0 Å². The first-order valence-electron chi connectivity index (χ1n) is 5.69. The molecule has 1 heterocycles. The molecule has 1 aromatic heterocycles. The van der Waals surface area contributed by atoms with Gasteiger partial charge < -0.3 is 15.8 Å². The van der Waals surface area contributed by atoms with Crippen LogP contribution in [0.4, 0.5) is 10.7 Å². The van der Waals surface area contributed by atoms with Gasteiger partial charge in [-0.15, -0.1) is 11.3 Å². The molecular weight excluding hydrogens is 248 g/mol. The fourth-order valence-corrected chi connectivity index (χ4v) is 2.41. The van der Waals surface area contributed by atoms with Crippen molar-refractivity contribution in [3.8, 4) is 12.1 Å². The fraction of sp³-hybridized carbons (Fsp3) is 0.500. The lowest BCUT2D eigenvalue weighted by Gasteiger charge is -2.04. The number of hydrogen-bond acceptors (Lipinski definition) is 6. The van der Waals surface area contributed by atoms with Crippen molar-refractivity contribution in [3.63, 3.8) is 0 Å². The van der Waals surface area contributed by atoms with Gasteiger partial charge in [0.25, 0.3) is 0 Å². The number of nitrogens with zero attached hydrogens (tertiary/aromatic N) is 2. The van der Waals surface area contributed by atoms with Crippen molar-refractivity contribution < 1.29 is 4.74 Å². The molecule has 0 bridgehead atoms. The number of hydrogen-bond donors (Lipinski definition) is 2. The normalized spacial score (nSPS) is 9.72. The molecule has 0 spiro atoms. The Bertz CT molecular complexity index is 470. The van der Waals surface area contributed by atoms with Gasteiger partial charge in [0.05, 0.1) is 5.69 Å². The van der Waals surface area contributed by atoms with Crippen LogP contribution in [0.2, 0.25) is 0 Å². The lowest BCUT2D eigenvalue weighted by molar-refractivity contribution is 0.192. The van der Waals surface area contributed by atoms with E-state index in [0.29, 0.717) is 15.4 Å². The Morgan fingerprint density at radius 3 is 2.67 bits per heavy atom. The second-order valence-electron chi connectivity index (χ2n) is 3.75. The average Bonchev–Trinajstić information content (AvgIpc) is 2.69. The highest BCUT2D eigenvalue weighted by molar-refractivity contribution is 7.17. The predicted octanol–water partition coefficient (Wildman–Crippen LogP) is 2.30. The van der Waals surface area contributed by atoms with E-state index in [1.54, 1.807) is 7.11 Å². The molecule has 3 N–H and O–H groups in total. The van der Waals surface area contributed by atoms with Crippen LogP contribution in [0.15, 0.2) is 0 Å². The summed E-state index contributed by atoms with van der Waals surface area (Å²) in [5, 5.41) is 21.7. The van der Waals surface area contributed by atoms with Crippen molar-refractivity contribution in [2.24, 2.45) is 0 Å². The van der Waals surface area contributed by atoms with Gasteiger partial charge in [0, 0.05) is 20.3 Å². The first-order valence-corrected chi connectivity index (χ1v) is 6.51. The Hall–Kier alpha value is -1.76. The number of anilines is 2. The summed E-state index contributed by atoms with van der Waals surface area (Å²) in [6, 6.07) is 4.03. The average molecular weight is 264 g/mol. The third kappa shape index (κ3) is 3.63. The largest absolute Gasteiger partial charge is 0.396 e. The maximum Gasteiger partial charge on any atom is 0.131 e. The Morgan fingerprint density at radius 2 is 2.06 bits per heavy atom. The van der Waals surface area contributed by atoms with Crippen LogP contribution < -0.4 is 11.1 Å². The molecule has 1 rings (SSSR count). The maximum atomic E-state index is 8.99. The van der Waals surface area contributed by atoms with Crippen LogP contribution in [0.3, 0.4) is 0 Å². The molecule has 1 aromatic rings. The standard InChI is InChI=1S/C12H16N4OS/c1-17-6-4-2-3-5-16-12-9(7-13)11(15)10(8-14)18-12/h16H,2-6,15H2,1H3. The lowest BCUT2D eigenvalue weighted by Crippen LogP contribution is -2.02. The van der Waals surface area contributed by atoms with E-state index in [4.69, 9.17) is 21.0 Å². The summed E-state index contributed by atoms with van der Waals surface area (Å²) in [4.78, 5) is 0.397. The fourth-order valence-electron chi connectivity index (χ4n) is 1.51. The van der Waals surface area contributed by atoms with Crippen LogP contribution in [0.5, 0.6) is 0 Å². The number of nitrogen functional groups attached to an aromatic ring is 1. The highest BCUT2D eigenvalue weighted by Gasteiger charge is 2.14. The molecule has 0 aliphatic rings. The Morgan fingerprint density at radius 1 is 1.28 bits per heavy atom. The minimum Gasteiger partial charge on any atom is -0.396 e. The molecule has 0 fully saturated rings. The van der Waals surface area contributed by atoms with E-state index < -0.39 is 0 Å². The summed E-state index contributed by atoms with van der Waals surface area (Å²) in [6.45, 7) is 1.54.